The number of methoxy groups -OCH3 is 1. The predicted molar refractivity (Wildman–Crippen MR) is 108 cm³/mol. The van der Waals surface area contributed by atoms with Crippen molar-refractivity contribution in [2.75, 3.05) is 20.2 Å². The van der Waals surface area contributed by atoms with Crippen molar-refractivity contribution < 1.29 is 26.7 Å². The second-order valence-electron chi connectivity index (χ2n) is 7.10. The number of carbonyl (C=O) groups excluding carboxylic acids is 1. The minimum Gasteiger partial charge on any atom is -0.496 e. The highest BCUT2D eigenvalue weighted by Crippen LogP contribution is 2.26. The van der Waals surface area contributed by atoms with Crippen LogP contribution in [0.3, 0.4) is 0 Å². The lowest BCUT2D eigenvalue weighted by Gasteiger charge is -2.20. The Kier molecular flexibility index (Phi) is 7.04. The normalized spacial score (nSPS) is 15.4. The molecule has 1 aliphatic heterocycles. The number of nitrogens with one attached hydrogen (secondary N) is 1. The molecule has 2 aromatic carbocycles. The van der Waals surface area contributed by atoms with E-state index in [0.29, 0.717) is 13.1 Å². The zero-order chi connectivity index (χ0) is 21.7. The van der Waals surface area contributed by atoms with E-state index < -0.39 is 27.6 Å². The summed E-state index contributed by atoms with van der Waals surface area (Å²) in [6, 6.07) is 7.04. The number of hydrogen-bond acceptors (Lipinski definition) is 4. The molecule has 9 heteroatoms. The fourth-order valence-corrected chi connectivity index (χ4v) is 4.95. The highest BCUT2D eigenvalue weighted by molar-refractivity contribution is 7.89. The monoisotopic (exact) mass is 438 g/mol. The van der Waals surface area contributed by atoms with Crippen LogP contribution >= 0.6 is 0 Å². The maximum Gasteiger partial charge on any atom is 0.255 e. The first-order valence-electron chi connectivity index (χ1n) is 9.73. The third kappa shape index (κ3) is 4.96. The van der Waals surface area contributed by atoms with Crippen molar-refractivity contribution in [2.45, 2.75) is 37.1 Å². The van der Waals surface area contributed by atoms with E-state index in [1.807, 2.05) is 0 Å². The number of nitrogens with zero attached hydrogens (tertiary/aromatic N) is 1. The third-order valence-electron chi connectivity index (χ3n) is 5.07. The van der Waals surface area contributed by atoms with Crippen molar-refractivity contribution in [1.82, 2.24) is 9.62 Å². The van der Waals surface area contributed by atoms with E-state index >= 15 is 0 Å². The van der Waals surface area contributed by atoms with Crippen LogP contribution in [0.25, 0.3) is 0 Å². The molecule has 3 rings (SSSR count). The van der Waals surface area contributed by atoms with Crippen molar-refractivity contribution in [1.29, 1.82) is 0 Å². The summed E-state index contributed by atoms with van der Waals surface area (Å²) in [7, 11) is -2.40. The van der Waals surface area contributed by atoms with Crippen LogP contribution in [0.4, 0.5) is 8.78 Å². The zero-order valence-corrected chi connectivity index (χ0v) is 17.5. The lowest BCUT2D eigenvalue weighted by atomic mass is 10.1. The first-order chi connectivity index (χ1) is 14.3. The van der Waals surface area contributed by atoms with Crippen molar-refractivity contribution in [2.24, 2.45) is 0 Å². The van der Waals surface area contributed by atoms with E-state index in [9.17, 15) is 22.0 Å². The molecule has 6 nitrogen and oxygen atoms in total. The number of carbonyl (C=O) groups is 1. The van der Waals surface area contributed by atoms with E-state index in [4.69, 9.17) is 4.74 Å². The summed E-state index contributed by atoms with van der Waals surface area (Å²) in [5.41, 5.74) is -0.0131. The maximum atomic E-state index is 13.8. The Morgan fingerprint density at radius 1 is 1.07 bits per heavy atom. The molecule has 0 radical (unpaired) electrons. The summed E-state index contributed by atoms with van der Waals surface area (Å²) in [5.74, 6) is -1.74. The van der Waals surface area contributed by atoms with Gasteiger partial charge in [0.25, 0.3) is 5.91 Å². The maximum absolute atomic E-state index is 13.8. The largest absolute Gasteiger partial charge is 0.496 e. The van der Waals surface area contributed by atoms with Gasteiger partial charge in [-0.1, -0.05) is 12.8 Å². The molecule has 1 amide bonds. The molecule has 0 bridgehead atoms. The van der Waals surface area contributed by atoms with Crippen LogP contribution in [0.1, 0.15) is 41.6 Å². The van der Waals surface area contributed by atoms with Gasteiger partial charge in [-0.2, -0.15) is 4.31 Å². The van der Waals surface area contributed by atoms with Gasteiger partial charge in [0, 0.05) is 25.2 Å². The lowest BCUT2D eigenvalue weighted by Crippen LogP contribution is -2.32. The highest BCUT2D eigenvalue weighted by Gasteiger charge is 2.27. The van der Waals surface area contributed by atoms with Gasteiger partial charge in [-0.15, -0.1) is 0 Å². The van der Waals surface area contributed by atoms with Crippen LogP contribution in [0, 0.1) is 11.6 Å². The molecule has 0 unspecified atom stereocenters. The fourth-order valence-electron chi connectivity index (χ4n) is 3.41. The number of amides is 1. The average Bonchev–Trinajstić information content (AvgIpc) is 3.04. The number of ether oxygens (including phenoxy) is 1. The van der Waals surface area contributed by atoms with E-state index in [1.54, 1.807) is 0 Å². The molecule has 0 saturated carbocycles. The molecule has 1 fully saturated rings. The van der Waals surface area contributed by atoms with Crippen LogP contribution in [0.2, 0.25) is 0 Å². The van der Waals surface area contributed by atoms with Gasteiger partial charge in [0.2, 0.25) is 10.0 Å². The first kappa shape index (κ1) is 22.2. The number of sulfonamides is 1. The smallest absolute Gasteiger partial charge is 0.255 e. The van der Waals surface area contributed by atoms with Gasteiger partial charge in [0.1, 0.15) is 17.4 Å². The Balaban J connectivity index is 1.84. The second-order valence-corrected chi connectivity index (χ2v) is 9.04. The molecule has 0 spiro atoms. The summed E-state index contributed by atoms with van der Waals surface area (Å²) < 4.78 is 59.8. The van der Waals surface area contributed by atoms with Crippen molar-refractivity contribution in [3.05, 3.63) is 59.2 Å². The van der Waals surface area contributed by atoms with Crippen LogP contribution in [-0.4, -0.2) is 38.8 Å². The molecule has 2 aromatic rings. The van der Waals surface area contributed by atoms with E-state index in [2.05, 4.69) is 5.32 Å². The SMILES string of the molecule is COc1ccc(S(=O)(=O)N2CCCCCC2)cc1C(=O)NCc1cc(F)ccc1F. The van der Waals surface area contributed by atoms with Gasteiger partial charge in [-0.05, 0) is 49.2 Å². The molecular weight excluding hydrogens is 414 g/mol. The molecule has 162 valence electrons. The quantitative estimate of drug-likeness (QED) is 0.750. The lowest BCUT2D eigenvalue weighted by molar-refractivity contribution is 0.0947. The number of hydrogen-bond donors (Lipinski definition) is 1. The van der Waals surface area contributed by atoms with Crippen LogP contribution in [-0.2, 0) is 16.6 Å². The number of benzene rings is 2. The van der Waals surface area contributed by atoms with Crippen molar-refractivity contribution in [3.63, 3.8) is 0 Å². The molecule has 1 heterocycles. The standard InChI is InChI=1S/C21H24F2N2O4S/c1-29-20-9-7-17(30(27,28)25-10-4-2-3-5-11-25)13-18(20)21(26)24-14-15-12-16(22)6-8-19(15)23/h6-9,12-13H,2-5,10-11,14H2,1H3,(H,24,26). The molecule has 30 heavy (non-hydrogen) atoms. The van der Waals surface area contributed by atoms with Crippen LogP contribution < -0.4 is 10.1 Å². The topological polar surface area (TPSA) is 75.7 Å². The molecule has 0 aliphatic carbocycles. The zero-order valence-electron chi connectivity index (χ0n) is 16.7. The van der Waals surface area contributed by atoms with Crippen LogP contribution in [0.15, 0.2) is 41.3 Å². The molecule has 1 saturated heterocycles. The number of rotatable bonds is 6. The Hall–Kier alpha value is -2.52. The molecule has 0 aromatic heterocycles. The van der Waals surface area contributed by atoms with Gasteiger partial charge >= 0.3 is 0 Å². The Morgan fingerprint density at radius 3 is 2.43 bits per heavy atom. The first-order valence-corrected chi connectivity index (χ1v) is 11.2. The molecular formula is C21H24F2N2O4S. The number of halogens is 2. The molecule has 1 aliphatic rings. The summed E-state index contributed by atoms with van der Waals surface area (Å²) in [5, 5.41) is 2.49. The van der Waals surface area contributed by atoms with E-state index in [0.717, 1.165) is 43.9 Å². The summed E-state index contributed by atoms with van der Waals surface area (Å²) >= 11 is 0. The van der Waals surface area contributed by atoms with Gasteiger partial charge in [0.15, 0.2) is 0 Å². The van der Waals surface area contributed by atoms with Gasteiger partial charge in [-0.3, -0.25) is 4.79 Å². The minimum atomic E-state index is -3.76. The van der Waals surface area contributed by atoms with Crippen molar-refractivity contribution >= 4 is 15.9 Å². The fraction of sp³-hybridized carbons (Fsp3) is 0.381. The second kappa shape index (κ2) is 9.53. The highest BCUT2D eigenvalue weighted by atomic mass is 32.2. The molecule has 1 N–H and O–H groups in total. The minimum absolute atomic E-state index is 0.00482. The predicted octanol–water partition coefficient (Wildman–Crippen LogP) is 3.47. The summed E-state index contributed by atoms with van der Waals surface area (Å²) in [6.45, 7) is 0.623. The van der Waals surface area contributed by atoms with Crippen LogP contribution in [0.5, 0.6) is 5.75 Å². The molecule has 0 atom stereocenters. The van der Waals surface area contributed by atoms with Crippen molar-refractivity contribution in [3.8, 4) is 5.75 Å². The third-order valence-corrected chi connectivity index (χ3v) is 6.96. The summed E-state index contributed by atoms with van der Waals surface area (Å²) in [4.78, 5) is 12.7. The van der Waals surface area contributed by atoms with E-state index in [-0.39, 0.29) is 28.3 Å². The Morgan fingerprint density at radius 2 is 1.77 bits per heavy atom. The van der Waals surface area contributed by atoms with E-state index in [1.165, 1.54) is 29.6 Å². The van der Waals surface area contributed by atoms with Gasteiger partial charge < -0.3 is 10.1 Å². The Bertz CT molecular complexity index is 1020. The Labute approximate surface area is 174 Å². The van der Waals surface area contributed by atoms with Gasteiger partial charge in [-0.25, -0.2) is 17.2 Å². The van der Waals surface area contributed by atoms with Gasteiger partial charge in [0.05, 0.1) is 17.6 Å². The summed E-state index contributed by atoms with van der Waals surface area (Å²) in [6.07, 6.45) is 3.56. The average molecular weight is 438 g/mol.